The minimum Gasteiger partial charge on any atom is -0.480 e. The van der Waals surface area contributed by atoms with E-state index in [-0.39, 0.29) is 0 Å². The fourth-order valence-corrected chi connectivity index (χ4v) is 2.04. The Kier molecular flexibility index (Phi) is 4.50. The summed E-state index contributed by atoms with van der Waals surface area (Å²) < 4.78 is 0. The predicted octanol–water partition coefficient (Wildman–Crippen LogP) is -0.576. The Balaban J connectivity index is 2.38. The lowest BCUT2D eigenvalue weighted by atomic mass is 10.0. The fourth-order valence-electron chi connectivity index (χ4n) is 2.04. The molecule has 88 valence electrons. The summed E-state index contributed by atoms with van der Waals surface area (Å²) in [5.41, 5.74) is 5.50. The van der Waals surface area contributed by atoms with Crippen LogP contribution in [0.2, 0.25) is 0 Å². The largest absolute Gasteiger partial charge is 0.480 e. The Bertz CT molecular complexity index is 223. The number of rotatable bonds is 4. The first-order valence-corrected chi connectivity index (χ1v) is 5.38. The van der Waals surface area contributed by atoms with E-state index in [1.165, 1.54) is 6.42 Å². The summed E-state index contributed by atoms with van der Waals surface area (Å²) in [6.45, 7) is 2.56. The van der Waals surface area contributed by atoms with Crippen LogP contribution in [0.15, 0.2) is 0 Å². The zero-order valence-electron chi connectivity index (χ0n) is 9.52. The van der Waals surface area contributed by atoms with Crippen molar-refractivity contribution >= 4 is 5.97 Å². The maximum atomic E-state index is 10.6. The van der Waals surface area contributed by atoms with Gasteiger partial charge in [-0.25, -0.2) is 0 Å². The first kappa shape index (κ1) is 12.4. The molecule has 0 aromatic rings. The third-order valence-electron chi connectivity index (χ3n) is 3.02. The van der Waals surface area contributed by atoms with E-state index in [0.717, 1.165) is 19.5 Å². The Hall–Kier alpha value is -0.650. The molecule has 0 aliphatic carbocycles. The highest BCUT2D eigenvalue weighted by Gasteiger charge is 2.23. The minimum atomic E-state index is -0.925. The van der Waals surface area contributed by atoms with Gasteiger partial charge in [0.2, 0.25) is 0 Å². The highest BCUT2D eigenvalue weighted by Crippen LogP contribution is 2.13. The van der Waals surface area contributed by atoms with E-state index in [2.05, 4.69) is 16.8 Å². The van der Waals surface area contributed by atoms with E-state index < -0.39 is 12.0 Å². The van der Waals surface area contributed by atoms with Crippen molar-refractivity contribution in [3.05, 3.63) is 0 Å². The summed E-state index contributed by atoms with van der Waals surface area (Å²) in [7, 11) is 4.05. The Morgan fingerprint density at radius 3 is 2.93 bits per heavy atom. The van der Waals surface area contributed by atoms with Crippen molar-refractivity contribution in [3.63, 3.8) is 0 Å². The molecular weight excluding hydrogens is 194 g/mol. The van der Waals surface area contributed by atoms with Gasteiger partial charge >= 0.3 is 5.97 Å². The molecule has 1 heterocycles. The molecule has 0 bridgehead atoms. The van der Waals surface area contributed by atoms with Crippen molar-refractivity contribution in [1.82, 2.24) is 9.80 Å². The molecule has 3 N–H and O–H groups in total. The van der Waals surface area contributed by atoms with Gasteiger partial charge in [-0.3, -0.25) is 4.79 Å². The van der Waals surface area contributed by atoms with Gasteiger partial charge in [-0.1, -0.05) is 0 Å². The molecule has 0 spiro atoms. The molecule has 1 saturated heterocycles. The summed E-state index contributed by atoms with van der Waals surface area (Å²) in [6, 6.07) is -0.337. The van der Waals surface area contributed by atoms with Gasteiger partial charge in [-0.15, -0.1) is 0 Å². The van der Waals surface area contributed by atoms with Crippen LogP contribution in [0.4, 0.5) is 0 Å². The Morgan fingerprint density at radius 2 is 2.40 bits per heavy atom. The molecule has 0 aromatic carbocycles. The Morgan fingerprint density at radius 1 is 1.73 bits per heavy atom. The molecule has 5 nitrogen and oxygen atoms in total. The summed E-state index contributed by atoms with van der Waals surface area (Å²) in [5, 5.41) is 8.72. The predicted molar refractivity (Wildman–Crippen MR) is 58.8 cm³/mol. The van der Waals surface area contributed by atoms with Gasteiger partial charge < -0.3 is 20.6 Å². The average molecular weight is 215 g/mol. The molecule has 15 heavy (non-hydrogen) atoms. The van der Waals surface area contributed by atoms with Gasteiger partial charge in [-0.2, -0.15) is 0 Å². The molecule has 1 rings (SSSR count). The third kappa shape index (κ3) is 3.77. The number of carboxylic acid groups (broad SMARTS) is 1. The number of hydrogen-bond donors (Lipinski definition) is 2. The summed E-state index contributed by atoms with van der Waals surface area (Å²) in [6.07, 6.45) is 2.31. The average Bonchev–Trinajstić information content (AvgIpc) is 2.17. The topological polar surface area (TPSA) is 69.8 Å². The number of likely N-dealkylation sites (tertiary alicyclic amines) is 1. The van der Waals surface area contributed by atoms with Crippen molar-refractivity contribution < 1.29 is 9.90 Å². The molecule has 0 amide bonds. The maximum Gasteiger partial charge on any atom is 0.321 e. The molecule has 1 aliphatic heterocycles. The van der Waals surface area contributed by atoms with E-state index in [4.69, 9.17) is 10.8 Å². The minimum absolute atomic E-state index is 0.424. The normalized spacial score (nSPS) is 25.5. The molecule has 0 saturated carbocycles. The van der Waals surface area contributed by atoms with Crippen LogP contribution >= 0.6 is 0 Å². The molecule has 1 aliphatic rings. The second kappa shape index (κ2) is 5.44. The van der Waals surface area contributed by atoms with Crippen LogP contribution in [0.3, 0.4) is 0 Å². The standard InChI is InChI=1S/C10H21N3O2/c1-12-5-3-4-8(6-12)13(2)7-9(11)10(14)15/h8-9H,3-7,11H2,1-2H3,(H,14,15). The van der Waals surface area contributed by atoms with Crippen molar-refractivity contribution in [1.29, 1.82) is 0 Å². The number of nitrogens with two attached hydrogens (primary N) is 1. The van der Waals surface area contributed by atoms with Gasteiger partial charge in [0.05, 0.1) is 0 Å². The smallest absolute Gasteiger partial charge is 0.321 e. The molecule has 0 radical (unpaired) electrons. The van der Waals surface area contributed by atoms with Crippen LogP contribution in [0.1, 0.15) is 12.8 Å². The van der Waals surface area contributed by atoms with Gasteiger partial charge in [-0.05, 0) is 33.5 Å². The highest BCUT2D eigenvalue weighted by atomic mass is 16.4. The van der Waals surface area contributed by atoms with Gasteiger partial charge in [0, 0.05) is 19.1 Å². The van der Waals surface area contributed by atoms with Crippen LogP contribution in [-0.4, -0.2) is 66.7 Å². The quantitative estimate of drug-likeness (QED) is 0.657. The number of carbonyl (C=O) groups is 1. The van der Waals surface area contributed by atoms with Crippen LogP contribution in [0, 0.1) is 0 Å². The van der Waals surface area contributed by atoms with E-state index in [1.807, 2.05) is 7.05 Å². The molecule has 0 aromatic heterocycles. The van der Waals surface area contributed by atoms with Crippen molar-refractivity contribution in [2.24, 2.45) is 5.73 Å². The van der Waals surface area contributed by atoms with Crippen LogP contribution in [0.5, 0.6) is 0 Å². The van der Waals surface area contributed by atoms with Gasteiger partial charge in [0.1, 0.15) is 6.04 Å². The number of hydrogen-bond acceptors (Lipinski definition) is 4. The van der Waals surface area contributed by atoms with E-state index in [0.29, 0.717) is 12.6 Å². The van der Waals surface area contributed by atoms with E-state index in [9.17, 15) is 4.79 Å². The monoisotopic (exact) mass is 215 g/mol. The zero-order chi connectivity index (χ0) is 11.4. The van der Waals surface area contributed by atoms with Crippen LogP contribution in [0.25, 0.3) is 0 Å². The molecular formula is C10H21N3O2. The first-order valence-electron chi connectivity index (χ1n) is 5.38. The lowest BCUT2D eigenvalue weighted by molar-refractivity contribution is -0.139. The maximum absolute atomic E-state index is 10.6. The molecule has 5 heteroatoms. The number of nitrogens with zero attached hydrogens (tertiary/aromatic N) is 2. The highest BCUT2D eigenvalue weighted by molar-refractivity contribution is 5.73. The van der Waals surface area contributed by atoms with E-state index in [1.54, 1.807) is 0 Å². The van der Waals surface area contributed by atoms with Crippen molar-refractivity contribution in [2.75, 3.05) is 33.7 Å². The van der Waals surface area contributed by atoms with Crippen LogP contribution in [-0.2, 0) is 4.79 Å². The number of likely N-dealkylation sites (N-methyl/N-ethyl adjacent to an activating group) is 2. The van der Waals surface area contributed by atoms with E-state index >= 15 is 0 Å². The second-order valence-corrected chi connectivity index (χ2v) is 4.44. The molecule has 2 unspecified atom stereocenters. The molecule has 2 atom stereocenters. The van der Waals surface area contributed by atoms with Gasteiger partial charge in [0.15, 0.2) is 0 Å². The van der Waals surface area contributed by atoms with Crippen molar-refractivity contribution in [3.8, 4) is 0 Å². The molecule has 1 fully saturated rings. The number of carboxylic acids is 1. The SMILES string of the molecule is CN1CCCC(N(C)CC(N)C(=O)O)C1. The third-order valence-corrected chi connectivity index (χ3v) is 3.02. The zero-order valence-corrected chi connectivity index (χ0v) is 9.52. The summed E-state index contributed by atoms with van der Waals surface area (Å²) in [4.78, 5) is 15.0. The number of piperidine rings is 1. The van der Waals surface area contributed by atoms with Gasteiger partial charge in [0.25, 0.3) is 0 Å². The van der Waals surface area contributed by atoms with Crippen molar-refractivity contribution in [2.45, 2.75) is 24.9 Å². The Labute approximate surface area is 90.8 Å². The lowest BCUT2D eigenvalue weighted by Crippen LogP contribution is -2.50. The fraction of sp³-hybridized carbons (Fsp3) is 0.900. The van der Waals surface area contributed by atoms with Crippen LogP contribution < -0.4 is 5.73 Å². The summed E-state index contributed by atoms with van der Waals surface area (Å²) in [5.74, 6) is -0.925. The summed E-state index contributed by atoms with van der Waals surface area (Å²) >= 11 is 0. The number of aliphatic carboxylic acids is 1. The second-order valence-electron chi connectivity index (χ2n) is 4.44. The lowest BCUT2D eigenvalue weighted by Gasteiger charge is -2.36. The first-order chi connectivity index (χ1) is 7.00.